The van der Waals surface area contributed by atoms with Gasteiger partial charge in [-0.1, -0.05) is 230 Å². The zero-order chi connectivity index (χ0) is 44.4. The van der Waals surface area contributed by atoms with Crippen molar-refractivity contribution < 1.29 is 28.6 Å². The Morgan fingerprint density at radius 1 is 0.344 bits per heavy atom. The van der Waals surface area contributed by atoms with Crippen molar-refractivity contribution in [2.24, 2.45) is 0 Å². The number of carbonyl (C=O) groups excluding carboxylic acids is 3. The molecular formula is C55H98O6. The van der Waals surface area contributed by atoms with Crippen LogP contribution in [-0.2, 0) is 28.6 Å². The Morgan fingerprint density at radius 3 is 1.05 bits per heavy atom. The zero-order valence-electron chi connectivity index (χ0n) is 40.4. The number of carbonyl (C=O) groups is 3. The molecule has 61 heavy (non-hydrogen) atoms. The van der Waals surface area contributed by atoms with Gasteiger partial charge in [0.2, 0.25) is 0 Å². The van der Waals surface area contributed by atoms with Crippen LogP contribution in [0.4, 0.5) is 0 Å². The van der Waals surface area contributed by atoms with Crippen molar-refractivity contribution in [2.45, 2.75) is 271 Å². The van der Waals surface area contributed by atoms with E-state index in [2.05, 4.69) is 69.4 Å². The lowest BCUT2D eigenvalue weighted by Crippen LogP contribution is -2.30. The minimum Gasteiger partial charge on any atom is -0.462 e. The molecule has 0 aliphatic carbocycles. The molecule has 0 aromatic rings. The van der Waals surface area contributed by atoms with Crippen LogP contribution in [0.5, 0.6) is 0 Å². The highest BCUT2D eigenvalue weighted by Gasteiger charge is 2.19. The van der Waals surface area contributed by atoms with Crippen LogP contribution >= 0.6 is 0 Å². The molecular weight excluding hydrogens is 757 g/mol. The fourth-order valence-electron chi connectivity index (χ4n) is 7.44. The van der Waals surface area contributed by atoms with Gasteiger partial charge in [-0.15, -0.1) is 0 Å². The number of esters is 3. The summed E-state index contributed by atoms with van der Waals surface area (Å²) in [4.78, 5) is 38.0. The molecule has 0 aromatic carbocycles. The summed E-state index contributed by atoms with van der Waals surface area (Å²) in [7, 11) is 0. The molecule has 0 saturated carbocycles. The standard InChI is InChI=1S/C55H98O6/c1-4-7-10-13-16-19-22-25-28-31-33-36-39-42-45-48-54(57)60-51-52(61-55(58)49-46-43-40-37-34-30-27-24-21-18-15-12-9-6-3)50-59-53(56)47-44-41-38-35-32-29-26-23-20-17-14-11-8-5-2/h7,10,13,16,19,22,30,34,52H,4-6,8-9,11-12,14-15,17-18,20-21,23-29,31-33,35-51H2,1-3H3/b10-7-,16-13-,22-19-,34-30-. The molecule has 6 heteroatoms. The second-order valence-corrected chi connectivity index (χ2v) is 17.5. The van der Waals surface area contributed by atoms with Crippen molar-refractivity contribution in [2.75, 3.05) is 13.2 Å². The first kappa shape index (κ1) is 58.4. The maximum atomic E-state index is 12.8. The maximum absolute atomic E-state index is 12.8. The molecule has 0 bridgehead atoms. The van der Waals surface area contributed by atoms with E-state index in [1.807, 2.05) is 0 Å². The minimum absolute atomic E-state index is 0.0806. The molecule has 0 aliphatic rings. The van der Waals surface area contributed by atoms with Gasteiger partial charge in [0, 0.05) is 19.3 Å². The summed E-state index contributed by atoms with van der Waals surface area (Å²) in [6, 6.07) is 0. The van der Waals surface area contributed by atoms with Gasteiger partial charge in [0.1, 0.15) is 13.2 Å². The second-order valence-electron chi connectivity index (χ2n) is 17.5. The Bertz CT molecular complexity index is 1070. The molecule has 0 heterocycles. The van der Waals surface area contributed by atoms with Gasteiger partial charge in [0.05, 0.1) is 0 Å². The van der Waals surface area contributed by atoms with Gasteiger partial charge in [0.15, 0.2) is 6.10 Å². The van der Waals surface area contributed by atoms with E-state index in [1.54, 1.807) is 0 Å². The third-order valence-corrected chi connectivity index (χ3v) is 11.4. The van der Waals surface area contributed by atoms with Crippen molar-refractivity contribution in [3.05, 3.63) is 48.6 Å². The predicted octanol–water partition coefficient (Wildman–Crippen LogP) is 17.1. The van der Waals surface area contributed by atoms with Crippen LogP contribution in [0.1, 0.15) is 265 Å². The summed E-state index contributed by atoms with van der Waals surface area (Å²) in [5.74, 6) is -0.900. The van der Waals surface area contributed by atoms with Crippen LogP contribution in [0.3, 0.4) is 0 Å². The highest BCUT2D eigenvalue weighted by molar-refractivity contribution is 5.71. The van der Waals surface area contributed by atoms with E-state index in [-0.39, 0.29) is 31.1 Å². The first-order chi connectivity index (χ1) is 30.0. The maximum Gasteiger partial charge on any atom is 0.306 e. The summed E-state index contributed by atoms with van der Waals surface area (Å²) in [6.07, 6.45) is 59.5. The van der Waals surface area contributed by atoms with Crippen molar-refractivity contribution in [3.8, 4) is 0 Å². The molecule has 0 aliphatic heterocycles. The molecule has 1 unspecified atom stereocenters. The predicted molar refractivity (Wildman–Crippen MR) is 261 cm³/mol. The van der Waals surface area contributed by atoms with Crippen LogP contribution in [0.25, 0.3) is 0 Å². The number of rotatable bonds is 47. The number of unbranched alkanes of at least 4 members (excludes halogenated alkanes) is 30. The van der Waals surface area contributed by atoms with Crippen molar-refractivity contribution >= 4 is 17.9 Å². The van der Waals surface area contributed by atoms with Crippen molar-refractivity contribution in [3.63, 3.8) is 0 Å². The topological polar surface area (TPSA) is 78.9 Å². The highest BCUT2D eigenvalue weighted by atomic mass is 16.6. The Hall–Kier alpha value is -2.63. The number of hydrogen-bond donors (Lipinski definition) is 0. The van der Waals surface area contributed by atoms with Gasteiger partial charge in [-0.05, 0) is 64.2 Å². The highest BCUT2D eigenvalue weighted by Crippen LogP contribution is 2.15. The molecule has 0 saturated heterocycles. The van der Waals surface area contributed by atoms with E-state index in [9.17, 15) is 14.4 Å². The Morgan fingerprint density at radius 2 is 0.656 bits per heavy atom. The Balaban J connectivity index is 4.39. The van der Waals surface area contributed by atoms with Crippen LogP contribution in [-0.4, -0.2) is 37.2 Å². The third-order valence-electron chi connectivity index (χ3n) is 11.4. The molecule has 354 valence electrons. The fourth-order valence-corrected chi connectivity index (χ4v) is 7.44. The minimum atomic E-state index is -0.782. The van der Waals surface area contributed by atoms with E-state index in [0.717, 1.165) is 83.5 Å². The summed E-state index contributed by atoms with van der Waals surface area (Å²) in [5, 5.41) is 0. The Labute approximate surface area is 378 Å². The Kier molecular flexibility index (Phi) is 47.9. The molecule has 0 radical (unpaired) electrons. The lowest BCUT2D eigenvalue weighted by Gasteiger charge is -2.18. The van der Waals surface area contributed by atoms with E-state index < -0.39 is 6.10 Å². The number of hydrogen-bond acceptors (Lipinski definition) is 6. The molecule has 6 nitrogen and oxygen atoms in total. The molecule has 0 N–H and O–H groups in total. The van der Waals surface area contributed by atoms with E-state index >= 15 is 0 Å². The smallest absolute Gasteiger partial charge is 0.306 e. The lowest BCUT2D eigenvalue weighted by atomic mass is 10.0. The average Bonchev–Trinajstić information content (AvgIpc) is 3.26. The monoisotopic (exact) mass is 855 g/mol. The summed E-state index contributed by atoms with van der Waals surface area (Å²) < 4.78 is 16.8. The second kappa shape index (κ2) is 50.0. The van der Waals surface area contributed by atoms with Gasteiger partial charge >= 0.3 is 17.9 Å². The van der Waals surface area contributed by atoms with E-state index in [1.165, 1.54) is 141 Å². The van der Waals surface area contributed by atoms with Crippen LogP contribution in [0.2, 0.25) is 0 Å². The van der Waals surface area contributed by atoms with Crippen LogP contribution < -0.4 is 0 Å². The average molecular weight is 855 g/mol. The lowest BCUT2D eigenvalue weighted by molar-refractivity contribution is -0.167. The number of allylic oxidation sites excluding steroid dienone is 8. The van der Waals surface area contributed by atoms with E-state index in [4.69, 9.17) is 14.2 Å². The van der Waals surface area contributed by atoms with Gasteiger partial charge in [-0.2, -0.15) is 0 Å². The zero-order valence-corrected chi connectivity index (χ0v) is 40.4. The molecule has 0 rings (SSSR count). The largest absolute Gasteiger partial charge is 0.462 e. The van der Waals surface area contributed by atoms with Crippen LogP contribution in [0.15, 0.2) is 48.6 Å². The van der Waals surface area contributed by atoms with Gasteiger partial charge in [-0.3, -0.25) is 14.4 Å². The normalized spacial score (nSPS) is 12.4. The van der Waals surface area contributed by atoms with Gasteiger partial charge in [0.25, 0.3) is 0 Å². The SMILES string of the molecule is CC\C=C/C=C\C=C/CCCCCCCCCC(=O)OCC(COC(=O)CCCCCCCCCCCCCCCC)OC(=O)CCCCC/C=C\CCCCCCCCC. The summed E-state index contributed by atoms with van der Waals surface area (Å²) in [5.41, 5.74) is 0. The fraction of sp³-hybridized carbons (Fsp3) is 0.800. The third kappa shape index (κ3) is 48.3. The first-order valence-electron chi connectivity index (χ1n) is 26.2. The molecule has 0 aromatic heterocycles. The quantitative estimate of drug-likeness (QED) is 0.0199. The molecule has 0 amide bonds. The first-order valence-corrected chi connectivity index (χ1v) is 26.2. The van der Waals surface area contributed by atoms with Crippen molar-refractivity contribution in [1.29, 1.82) is 0 Å². The number of ether oxygens (including phenoxy) is 3. The summed E-state index contributed by atoms with van der Waals surface area (Å²) in [6.45, 7) is 6.50. The van der Waals surface area contributed by atoms with Crippen LogP contribution in [0, 0.1) is 0 Å². The molecule has 1 atom stereocenters. The van der Waals surface area contributed by atoms with Gasteiger partial charge in [-0.25, -0.2) is 0 Å². The molecule has 0 fully saturated rings. The van der Waals surface area contributed by atoms with Gasteiger partial charge < -0.3 is 14.2 Å². The van der Waals surface area contributed by atoms with Crippen molar-refractivity contribution in [1.82, 2.24) is 0 Å². The van der Waals surface area contributed by atoms with E-state index in [0.29, 0.717) is 19.3 Å². The molecule has 0 spiro atoms. The summed E-state index contributed by atoms with van der Waals surface area (Å²) >= 11 is 0.